The van der Waals surface area contributed by atoms with Crippen LogP contribution in [0, 0.1) is 5.92 Å². The van der Waals surface area contributed by atoms with Crippen molar-refractivity contribution in [3.05, 3.63) is 29.8 Å². The molecule has 1 aliphatic heterocycles. The molecule has 1 aromatic rings. The van der Waals surface area contributed by atoms with Gasteiger partial charge in [0.1, 0.15) is 0 Å². The first-order chi connectivity index (χ1) is 12.7. The van der Waals surface area contributed by atoms with Crippen LogP contribution in [0.2, 0.25) is 0 Å². The molecule has 0 spiro atoms. The number of carbonyl (C=O) groups excluding carboxylic acids is 2. The lowest BCUT2D eigenvalue weighted by Gasteiger charge is -2.32. The summed E-state index contributed by atoms with van der Waals surface area (Å²) in [7, 11) is 0. The van der Waals surface area contributed by atoms with E-state index in [-0.39, 0.29) is 41.1 Å². The Bertz CT molecular complexity index is 745. The molecule has 1 heterocycles. The largest absolute Gasteiger partial charge is 0.446 e. The molecule has 1 aromatic carbocycles. The van der Waals surface area contributed by atoms with Crippen molar-refractivity contribution >= 4 is 23.6 Å². The van der Waals surface area contributed by atoms with Crippen molar-refractivity contribution in [2.45, 2.75) is 60.3 Å². The van der Waals surface area contributed by atoms with E-state index in [1.54, 1.807) is 12.1 Å². The van der Waals surface area contributed by atoms with Crippen LogP contribution in [-0.4, -0.2) is 29.5 Å². The summed E-state index contributed by atoms with van der Waals surface area (Å²) in [6.07, 6.45) is 3.48. The van der Waals surface area contributed by atoms with E-state index in [0.29, 0.717) is 5.92 Å². The summed E-state index contributed by atoms with van der Waals surface area (Å²) < 4.78 is 37.4. The molecule has 3 N–H and O–H groups in total. The Morgan fingerprint density at radius 2 is 1.85 bits per heavy atom. The SMILES string of the molecule is O=C1CC(C(=O)NC2(c3ccc(SC(F)(F)F)cc3)CC2)NC(C2CC2)N1. The third-order valence-electron chi connectivity index (χ3n) is 5.25. The van der Waals surface area contributed by atoms with E-state index in [1.807, 2.05) is 0 Å². The zero-order valence-corrected chi connectivity index (χ0v) is 15.3. The minimum absolute atomic E-state index is 0.0896. The molecule has 146 valence electrons. The fourth-order valence-corrected chi connectivity index (χ4v) is 4.04. The van der Waals surface area contributed by atoms with Gasteiger partial charge in [0, 0.05) is 4.90 Å². The van der Waals surface area contributed by atoms with Crippen LogP contribution in [0.4, 0.5) is 13.2 Å². The van der Waals surface area contributed by atoms with Crippen LogP contribution in [0.15, 0.2) is 29.2 Å². The average Bonchev–Trinajstić information content (AvgIpc) is 3.48. The van der Waals surface area contributed by atoms with E-state index < -0.39 is 17.1 Å². The van der Waals surface area contributed by atoms with Crippen molar-refractivity contribution in [1.82, 2.24) is 16.0 Å². The number of rotatable bonds is 5. The summed E-state index contributed by atoms with van der Waals surface area (Å²) in [6, 6.07) is 5.54. The molecular weight excluding hydrogens is 379 g/mol. The smallest absolute Gasteiger partial charge is 0.345 e. The number of hydrogen-bond acceptors (Lipinski definition) is 4. The maximum atomic E-state index is 12.7. The van der Waals surface area contributed by atoms with Gasteiger partial charge in [0.15, 0.2) is 0 Å². The summed E-state index contributed by atoms with van der Waals surface area (Å²) in [6.45, 7) is 0. The van der Waals surface area contributed by atoms with Gasteiger partial charge < -0.3 is 10.6 Å². The van der Waals surface area contributed by atoms with Gasteiger partial charge in [-0.25, -0.2) is 0 Å². The second-order valence-corrected chi connectivity index (χ2v) is 8.59. The van der Waals surface area contributed by atoms with Crippen molar-refractivity contribution in [3.8, 4) is 0 Å². The number of carbonyl (C=O) groups is 2. The number of halogens is 3. The molecule has 27 heavy (non-hydrogen) atoms. The van der Waals surface area contributed by atoms with Crippen molar-refractivity contribution in [2.24, 2.45) is 5.92 Å². The van der Waals surface area contributed by atoms with Crippen LogP contribution >= 0.6 is 11.8 Å². The number of hydrogen-bond donors (Lipinski definition) is 3. The van der Waals surface area contributed by atoms with Crippen molar-refractivity contribution in [2.75, 3.05) is 0 Å². The molecule has 3 fully saturated rings. The molecule has 1 saturated heterocycles. The van der Waals surface area contributed by atoms with Crippen molar-refractivity contribution < 1.29 is 22.8 Å². The first kappa shape index (κ1) is 18.6. The summed E-state index contributed by atoms with van der Waals surface area (Å²) in [5.41, 5.74) is -4.07. The highest BCUT2D eigenvalue weighted by Crippen LogP contribution is 2.46. The number of alkyl halides is 3. The van der Waals surface area contributed by atoms with E-state index in [1.165, 1.54) is 12.1 Å². The topological polar surface area (TPSA) is 70.2 Å². The Balaban J connectivity index is 1.41. The van der Waals surface area contributed by atoms with E-state index >= 15 is 0 Å². The fourth-order valence-electron chi connectivity index (χ4n) is 3.50. The van der Waals surface area contributed by atoms with E-state index in [0.717, 1.165) is 31.2 Å². The fraction of sp³-hybridized carbons (Fsp3) is 0.556. The Morgan fingerprint density at radius 3 is 2.41 bits per heavy atom. The monoisotopic (exact) mass is 399 g/mol. The molecule has 5 nitrogen and oxygen atoms in total. The Labute approximate surface area is 158 Å². The lowest BCUT2D eigenvalue weighted by Crippen LogP contribution is -2.62. The van der Waals surface area contributed by atoms with E-state index in [2.05, 4.69) is 16.0 Å². The van der Waals surface area contributed by atoms with Crippen LogP contribution in [0.1, 0.15) is 37.7 Å². The number of nitrogens with one attached hydrogen (secondary N) is 3. The Kier molecular flexibility index (Phi) is 4.62. The normalized spacial score (nSPS) is 27.0. The highest BCUT2D eigenvalue weighted by atomic mass is 32.2. The molecule has 4 rings (SSSR count). The van der Waals surface area contributed by atoms with Gasteiger partial charge >= 0.3 is 5.51 Å². The van der Waals surface area contributed by atoms with Crippen LogP contribution in [0.25, 0.3) is 0 Å². The zero-order chi connectivity index (χ0) is 19.2. The van der Waals surface area contributed by atoms with E-state index in [9.17, 15) is 22.8 Å². The predicted molar refractivity (Wildman–Crippen MR) is 93.6 cm³/mol. The molecule has 2 amide bonds. The highest BCUT2D eigenvalue weighted by molar-refractivity contribution is 8.00. The first-order valence-corrected chi connectivity index (χ1v) is 9.79. The third kappa shape index (κ3) is 4.40. The predicted octanol–water partition coefficient (Wildman–Crippen LogP) is 2.62. The molecule has 0 bridgehead atoms. The van der Waals surface area contributed by atoms with Gasteiger partial charge in [0.2, 0.25) is 11.8 Å². The summed E-state index contributed by atoms with van der Waals surface area (Å²) in [5, 5.41) is 9.09. The molecule has 0 radical (unpaired) electrons. The molecule has 9 heteroatoms. The van der Waals surface area contributed by atoms with Crippen molar-refractivity contribution in [1.29, 1.82) is 0 Å². The van der Waals surface area contributed by atoms with Crippen LogP contribution in [0.3, 0.4) is 0 Å². The molecular formula is C18H20F3N3O2S. The van der Waals surface area contributed by atoms with Gasteiger partial charge in [-0.1, -0.05) is 12.1 Å². The second kappa shape index (κ2) is 6.70. The van der Waals surface area contributed by atoms with Gasteiger partial charge in [0.25, 0.3) is 0 Å². The van der Waals surface area contributed by atoms with Gasteiger partial charge in [-0.2, -0.15) is 13.2 Å². The average molecular weight is 399 g/mol. The second-order valence-electron chi connectivity index (χ2n) is 7.45. The minimum Gasteiger partial charge on any atom is -0.345 e. The highest BCUT2D eigenvalue weighted by Gasteiger charge is 2.48. The van der Waals surface area contributed by atoms with Crippen LogP contribution in [0.5, 0.6) is 0 Å². The summed E-state index contributed by atoms with van der Waals surface area (Å²) in [5.74, 6) is 0.0176. The van der Waals surface area contributed by atoms with Gasteiger partial charge in [-0.05, 0) is 61.1 Å². The van der Waals surface area contributed by atoms with Crippen LogP contribution in [-0.2, 0) is 15.1 Å². The quantitative estimate of drug-likeness (QED) is 0.666. The number of amides is 2. The van der Waals surface area contributed by atoms with E-state index in [4.69, 9.17) is 0 Å². The van der Waals surface area contributed by atoms with Crippen LogP contribution < -0.4 is 16.0 Å². The molecule has 2 saturated carbocycles. The summed E-state index contributed by atoms with van der Waals surface area (Å²) in [4.78, 5) is 24.7. The van der Waals surface area contributed by atoms with Gasteiger partial charge in [-0.15, -0.1) is 0 Å². The lowest BCUT2D eigenvalue weighted by molar-refractivity contribution is -0.132. The molecule has 0 aromatic heterocycles. The molecule has 2 unspecified atom stereocenters. The molecule has 2 atom stereocenters. The minimum atomic E-state index is -4.32. The zero-order valence-electron chi connectivity index (χ0n) is 14.4. The lowest BCUT2D eigenvalue weighted by atomic mass is 10.0. The maximum absolute atomic E-state index is 12.7. The Hall–Kier alpha value is -1.74. The van der Waals surface area contributed by atoms with Gasteiger partial charge in [-0.3, -0.25) is 14.9 Å². The first-order valence-electron chi connectivity index (χ1n) is 8.98. The van der Waals surface area contributed by atoms with Gasteiger partial charge in [0.05, 0.1) is 24.2 Å². The third-order valence-corrected chi connectivity index (χ3v) is 5.99. The molecule has 2 aliphatic carbocycles. The standard InChI is InChI=1S/C18H20F3N3O2S/c19-18(20,21)27-12-5-3-11(4-6-12)17(7-8-17)24-16(26)13-9-14(25)23-15(22-13)10-1-2-10/h3-6,10,13,15,22H,1-2,7-9H2,(H,23,25)(H,24,26). The van der Waals surface area contributed by atoms with Crippen molar-refractivity contribution in [3.63, 3.8) is 0 Å². The molecule has 3 aliphatic rings. The summed E-state index contributed by atoms with van der Waals surface area (Å²) >= 11 is -0.156. The maximum Gasteiger partial charge on any atom is 0.446 e. The number of thioether (sulfide) groups is 1. The Morgan fingerprint density at radius 1 is 1.19 bits per heavy atom. The number of benzene rings is 1.